The molecule has 1 aromatic carbocycles. The molecule has 0 fully saturated rings. The Morgan fingerprint density at radius 3 is 2.39 bits per heavy atom. The van der Waals surface area contributed by atoms with Crippen molar-refractivity contribution in [1.29, 1.82) is 0 Å². The van der Waals surface area contributed by atoms with Crippen molar-refractivity contribution in [1.82, 2.24) is 4.98 Å². The van der Waals surface area contributed by atoms with Gasteiger partial charge in [-0.25, -0.2) is 4.98 Å². The second-order valence-electron chi connectivity index (χ2n) is 6.00. The smallest absolute Gasteiger partial charge is 0.196 e. The van der Waals surface area contributed by atoms with Crippen molar-refractivity contribution in [3.63, 3.8) is 0 Å². The number of nitrogens with zero attached hydrogens (tertiary/aromatic N) is 1. The first-order valence-corrected chi connectivity index (χ1v) is 6.42. The van der Waals surface area contributed by atoms with Crippen molar-refractivity contribution in [2.75, 3.05) is 5.73 Å². The predicted molar refractivity (Wildman–Crippen MR) is 76.1 cm³/mol. The van der Waals surface area contributed by atoms with Gasteiger partial charge >= 0.3 is 0 Å². The van der Waals surface area contributed by atoms with Gasteiger partial charge in [-0.3, -0.25) is 0 Å². The highest BCUT2D eigenvalue weighted by Crippen LogP contribution is 2.36. The van der Waals surface area contributed by atoms with Crippen molar-refractivity contribution >= 4 is 28.4 Å². The van der Waals surface area contributed by atoms with Crippen LogP contribution in [0.25, 0.3) is 11.1 Å². The Morgan fingerprint density at radius 1 is 1.22 bits per heavy atom. The van der Waals surface area contributed by atoms with E-state index in [2.05, 4.69) is 25.8 Å². The molecule has 98 valence electrons. The highest BCUT2D eigenvalue weighted by Gasteiger charge is 2.20. The molecule has 2 N–H and O–H groups in total. The average Bonchev–Trinajstić information content (AvgIpc) is 2.65. The summed E-state index contributed by atoms with van der Waals surface area (Å²) in [5.41, 5.74) is 10.00. The molecular weight excluding hydrogens is 248 g/mol. The highest BCUT2D eigenvalue weighted by atomic mass is 35.5. The van der Waals surface area contributed by atoms with Crippen molar-refractivity contribution in [2.45, 2.75) is 41.0 Å². The Balaban J connectivity index is 2.65. The average molecular weight is 267 g/mol. The number of nitrogens with two attached hydrogens (primary N) is 1. The maximum atomic E-state index is 6.24. The summed E-state index contributed by atoms with van der Waals surface area (Å²) in [5.74, 6) is 0.717. The lowest BCUT2D eigenvalue weighted by molar-refractivity contribution is 0.362. The number of rotatable bonds is 1. The first-order chi connectivity index (χ1) is 8.20. The summed E-state index contributed by atoms with van der Waals surface area (Å²) < 4.78 is 5.80. The number of aryl methyl sites for hydroxylation is 1. The summed E-state index contributed by atoms with van der Waals surface area (Å²) >= 11 is 6.24. The zero-order chi connectivity index (χ0) is 13.7. The van der Waals surface area contributed by atoms with E-state index in [4.69, 9.17) is 21.8 Å². The topological polar surface area (TPSA) is 52.0 Å². The summed E-state index contributed by atoms with van der Waals surface area (Å²) in [7, 11) is 0. The minimum absolute atomic E-state index is 0.127. The number of hydrogen-bond donors (Lipinski definition) is 1. The van der Waals surface area contributed by atoms with E-state index in [1.165, 1.54) is 0 Å². The van der Waals surface area contributed by atoms with Crippen LogP contribution < -0.4 is 5.73 Å². The molecule has 0 aliphatic carbocycles. The summed E-state index contributed by atoms with van der Waals surface area (Å²) in [6.45, 7) is 10.3. The molecule has 18 heavy (non-hydrogen) atoms. The van der Waals surface area contributed by atoms with Crippen molar-refractivity contribution in [3.05, 3.63) is 22.0 Å². The molecule has 4 heteroatoms. The van der Waals surface area contributed by atoms with Crippen molar-refractivity contribution in [2.24, 2.45) is 5.41 Å². The van der Waals surface area contributed by atoms with E-state index in [9.17, 15) is 0 Å². The second kappa shape index (κ2) is 4.16. The zero-order valence-corrected chi connectivity index (χ0v) is 12.3. The van der Waals surface area contributed by atoms with Crippen LogP contribution in [0, 0.1) is 19.3 Å². The number of aromatic nitrogens is 1. The van der Waals surface area contributed by atoms with Gasteiger partial charge in [-0.15, -0.1) is 0 Å². The van der Waals surface area contributed by atoms with Crippen LogP contribution in [0.5, 0.6) is 0 Å². The van der Waals surface area contributed by atoms with E-state index in [0.29, 0.717) is 22.2 Å². The molecular formula is C14H19ClN2O. The monoisotopic (exact) mass is 266 g/mol. The molecule has 0 atom stereocenters. The maximum Gasteiger partial charge on any atom is 0.196 e. The minimum atomic E-state index is 0.127. The Hall–Kier alpha value is -1.22. The molecule has 2 rings (SSSR count). The van der Waals surface area contributed by atoms with Gasteiger partial charge in [0.25, 0.3) is 0 Å². The molecule has 0 aliphatic heterocycles. The van der Waals surface area contributed by atoms with Gasteiger partial charge in [0.2, 0.25) is 0 Å². The van der Waals surface area contributed by atoms with E-state index in [-0.39, 0.29) is 5.41 Å². The van der Waals surface area contributed by atoms with Crippen LogP contribution in [0.2, 0.25) is 5.02 Å². The third kappa shape index (κ3) is 2.19. The number of hydrogen-bond acceptors (Lipinski definition) is 3. The fourth-order valence-electron chi connectivity index (χ4n) is 2.00. The summed E-state index contributed by atoms with van der Waals surface area (Å²) in [6.07, 6.45) is 0.775. The minimum Gasteiger partial charge on any atom is -0.438 e. The fraction of sp³-hybridized carbons (Fsp3) is 0.500. The summed E-state index contributed by atoms with van der Waals surface area (Å²) in [4.78, 5) is 4.53. The van der Waals surface area contributed by atoms with Gasteiger partial charge in [0, 0.05) is 6.42 Å². The quantitative estimate of drug-likeness (QED) is 0.784. The standard InChI is InChI=1S/C14H19ClN2O/c1-7-10(15)8(2)12-13(11(7)16)18-9(17-12)6-14(3,4)5/h6,16H2,1-5H3. The molecule has 0 spiro atoms. The molecule has 0 radical (unpaired) electrons. The van der Waals surface area contributed by atoms with Gasteiger partial charge in [-0.1, -0.05) is 32.4 Å². The lowest BCUT2D eigenvalue weighted by Crippen LogP contribution is -2.09. The van der Waals surface area contributed by atoms with Gasteiger partial charge in [0.15, 0.2) is 11.5 Å². The molecule has 1 aromatic heterocycles. The number of halogens is 1. The number of oxazole rings is 1. The molecule has 0 saturated heterocycles. The van der Waals surface area contributed by atoms with Crippen LogP contribution in [0.1, 0.15) is 37.8 Å². The third-order valence-corrected chi connectivity index (χ3v) is 3.58. The lowest BCUT2D eigenvalue weighted by Gasteiger charge is -2.14. The number of benzene rings is 1. The normalized spacial score (nSPS) is 12.3. The molecule has 0 saturated carbocycles. The first-order valence-electron chi connectivity index (χ1n) is 6.04. The molecule has 2 aromatic rings. The number of nitrogen functional groups attached to an aromatic ring is 1. The molecule has 0 unspecified atom stereocenters. The van der Waals surface area contributed by atoms with Gasteiger partial charge < -0.3 is 10.2 Å². The van der Waals surface area contributed by atoms with E-state index in [1.807, 2.05) is 13.8 Å². The van der Waals surface area contributed by atoms with Gasteiger partial charge in [0.1, 0.15) is 5.52 Å². The van der Waals surface area contributed by atoms with E-state index in [1.54, 1.807) is 0 Å². The van der Waals surface area contributed by atoms with Crippen molar-refractivity contribution < 1.29 is 4.42 Å². The van der Waals surface area contributed by atoms with Gasteiger partial charge in [-0.2, -0.15) is 0 Å². The van der Waals surface area contributed by atoms with E-state index < -0.39 is 0 Å². The number of fused-ring (bicyclic) bond motifs is 1. The van der Waals surface area contributed by atoms with E-state index in [0.717, 1.165) is 23.1 Å². The largest absolute Gasteiger partial charge is 0.438 e. The molecule has 0 amide bonds. The van der Waals surface area contributed by atoms with Crippen LogP contribution in [0.15, 0.2) is 4.42 Å². The number of anilines is 1. The molecule has 0 bridgehead atoms. The van der Waals surface area contributed by atoms with Crippen molar-refractivity contribution in [3.8, 4) is 0 Å². The van der Waals surface area contributed by atoms with Crippen LogP contribution >= 0.6 is 11.6 Å². The van der Waals surface area contributed by atoms with Crippen LogP contribution in [0.3, 0.4) is 0 Å². The predicted octanol–water partition coefficient (Wildman–Crippen LogP) is 4.27. The van der Waals surface area contributed by atoms with Gasteiger partial charge in [0.05, 0.1) is 10.7 Å². The summed E-state index contributed by atoms with van der Waals surface area (Å²) in [5, 5.41) is 0.676. The second-order valence-corrected chi connectivity index (χ2v) is 6.38. The first kappa shape index (κ1) is 13.2. The van der Waals surface area contributed by atoms with E-state index >= 15 is 0 Å². The highest BCUT2D eigenvalue weighted by molar-refractivity contribution is 6.33. The fourth-order valence-corrected chi connectivity index (χ4v) is 2.20. The Bertz CT molecular complexity index is 564. The Morgan fingerprint density at radius 2 is 1.83 bits per heavy atom. The SMILES string of the molecule is Cc1c(Cl)c(C)c2nc(CC(C)(C)C)oc2c1N. The summed E-state index contributed by atoms with van der Waals surface area (Å²) in [6, 6.07) is 0. The maximum absolute atomic E-state index is 6.24. The Kier molecular flexibility index (Phi) is 3.06. The molecule has 0 aliphatic rings. The molecule has 3 nitrogen and oxygen atoms in total. The third-order valence-electron chi connectivity index (χ3n) is 3.02. The van der Waals surface area contributed by atoms with Gasteiger partial charge in [-0.05, 0) is 30.4 Å². The van der Waals surface area contributed by atoms with Crippen LogP contribution in [-0.4, -0.2) is 4.98 Å². The lowest BCUT2D eigenvalue weighted by atomic mass is 9.92. The zero-order valence-electron chi connectivity index (χ0n) is 11.5. The van der Waals surface area contributed by atoms with Crippen LogP contribution in [0.4, 0.5) is 5.69 Å². The Labute approximate surface area is 112 Å². The van der Waals surface area contributed by atoms with Crippen LogP contribution in [-0.2, 0) is 6.42 Å². The molecule has 1 heterocycles.